The monoisotopic (exact) mass is 398 g/mol. The van der Waals surface area contributed by atoms with E-state index in [4.69, 9.17) is 34.8 Å². The minimum absolute atomic E-state index is 0.105. The van der Waals surface area contributed by atoms with Crippen LogP contribution in [-0.4, -0.2) is 18.4 Å². The standard InChI is InChI=1S/C18H17Cl3N2O2/c19-14-6-3-12(4-7-14)18(25)22-9-1-2-17(24)23-11-13-5-8-15(20)10-16(13)21/h3-8,10H,1-2,9,11H2,(H,22,25)(H,23,24). The second-order valence-corrected chi connectivity index (χ2v) is 6.66. The highest BCUT2D eigenvalue weighted by Gasteiger charge is 2.07. The van der Waals surface area contributed by atoms with Crippen molar-refractivity contribution in [1.82, 2.24) is 10.6 Å². The molecule has 0 aliphatic carbocycles. The summed E-state index contributed by atoms with van der Waals surface area (Å²) >= 11 is 17.7. The van der Waals surface area contributed by atoms with Crippen LogP contribution in [0.2, 0.25) is 15.1 Å². The lowest BCUT2D eigenvalue weighted by molar-refractivity contribution is -0.121. The highest BCUT2D eigenvalue weighted by molar-refractivity contribution is 6.35. The normalized spacial score (nSPS) is 10.4. The zero-order chi connectivity index (χ0) is 18.2. The molecule has 0 bridgehead atoms. The lowest BCUT2D eigenvalue weighted by Crippen LogP contribution is -2.27. The number of halogens is 3. The maximum absolute atomic E-state index is 11.9. The summed E-state index contributed by atoms with van der Waals surface area (Å²) in [5.41, 5.74) is 1.33. The van der Waals surface area contributed by atoms with E-state index < -0.39 is 0 Å². The number of nitrogens with one attached hydrogen (secondary N) is 2. The van der Waals surface area contributed by atoms with E-state index in [9.17, 15) is 9.59 Å². The zero-order valence-electron chi connectivity index (χ0n) is 13.3. The van der Waals surface area contributed by atoms with Gasteiger partial charge in [-0.05, 0) is 48.4 Å². The molecule has 4 nitrogen and oxygen atoms in total. The van der Waals surface area contributed by atoms with Gasteiger partial charge in [0.25, 0.3) is 5.91 Å². The zero-order valence-corrected chi connectivity index (χ0v) is 15.6. The van der Waals surface area contributed by atoms with Gasteiger partial charge in [0.2, 0.25) is 5.91 Å². The van der Waals surface area contributed by atoms with Crippen molar-refractivity contribution >= 4 is 46.6 Å². The van der Waals surface area contributed by atoms with E-state index in [-0.39, 0.29) is 11.8 Å². The Bertz CT molecular complexity index is 748. The van der Waals surface area contributed by atoms with Gasteiger partial charge in [-0.15, -0.1) is 0 Å². The van der Waals surface area contributed by atoms with Crippen molar-refractivity contribution in [2.24, 2.45) is 0 Å². The fourth-order valence-corrected chi connectivity index (χ4v) is 2.70. The molecular formula is C18H17Cl3N2O2. The molecule has 2 aromatic carbocycles. The number of amides is 2. The van der Waals surface area contributed by atoms with Gasteiger partial charge in [-0.2, -0.15) is 0 Å². The Balaban J connectivity index is 1.66. The Hall–Kier alpha value is -1.75. The SMILES string of the molecule is O=C(CCCNC(=O)c1ccc(Cl)cc1)NCc1ccc(Cl)cc1Cl. The van der Waals surface area contributed by atoms with Crippen LogP contribution in [0.3, 0.4) is 0 Å². The summed E-state index contributed by atoms with van der Waals surface area (Å²) in [7, 11) is 0. The van der Waals surface area contributed by atoms with Gasteiger partial charge in [0.05, 0.1) is 0 Å². The van der Waals surface area contributed by atoms with Gasteiger partial charge >= 0.3 is 0 Å². The molecule has 0 aromatic heterocycles. The predicted octanol–water partition coefficient (Wildman–Crippen LogP) is 4.47. The van der Waals surface area contributed by atoms with Crippen molar-refractivity contribution in [3.8, 4) is 0 Å². The van der Waals surface area contributed by atoms with Crippen LogP contribution in [-0.2, 0) is 11.3 Å². The Morgan fingerprint density at radius 2 is 1.56 bits per heavy atom. The third kappa shape index (κ3) is 6.58. The van der Waals surface area contributed by atoms with Crippen LogP contribution in [0, 0.1) is 0 Å². The molecule has 0 aliphatic heterocycles. The smallest absolute Gasteiger partial charge is 0.251 e. The molecule has 0 saturated carbocycles. The summed E-state index contributed by atoms with van der Waals surface area (Å²) in [6.07, 6.45) is 0.853. The topological polar surface area (TPSA) is 58.2 Å². The van der Waals surface area contributed by atoms with Crippen LogP contribution in [0.4, 0.5) is 0 Å². The van der Waals surface area contributed by atoms with Crippen molar-refractivity contribution in [2.75, 3.05) is 6.54 Å². The molecule has 2 amide bonds. The van der Waals surface area contributed by atoms with Crippen LogP contribution in [0.5, 0.6) is 0 Å². The molecule has 0 unspecified atom stereocenters. The molecule has 7 heteroatoms. The summed E-state index contributed by atoms with van der Waals surface area (Å²) in [4.78, 5) is 23.7. The van der Waals surface area contributed by atoms with Crippen LogP contribution >= 0.6 is 34.8 Å². The van der Waals surface area contributed by atoms with Crippen LogP contribution < -0.4 is 10.6 Å². The van der Waals surface area contributed by atoms with Gasteiger partial charge in [-0.25, -0.2) is 0 Å². The molecule has 2 rings (SSSR count). The van der Waals surface area contributed by atoms with E-state index in [1.807, 2.05) is 0 Å². The van der Waals surface area contributed by atoms with Crippen molar-refractivity contribution in [3.05, 3.63) is 68.7 Å². The Morgan fingerprint density at radius 1 is 0.880 bits per heavy atom. The Morgan fingerprint density at radius 3 is 2.24 bits per heavy atom. The molecule has 25 heavy (non-hydrogen) atoms. The summed E-state index contributed by atoms with van der Waals surface area (Å²) in [5, 5.41) is 7.20. The Kier molecular flexibility index (Phi) is 7.56. The molecule has 0 fully saturated rings. The van der Waals surface area contributed by atoms with Gasteiger partial charge in [-0.1, -0.05) is 40.9 Å². The first-order valence-electron chi connectivity index (χ1n) is 7.70. The number of carbonyl (C=O) groups excluding carboxylic acids is 2. The number of carbonyl (C=O) groups is 2. The highest BCUT2D eigenvalue weighted by atomic mass is 35.5. The highest BCUT2D eigenvalue weighted by Crippen LogP contribution is 2.20. The fourth-order valence-electron chi connectivity index (χ4n) is 2.10. The van der Waals surface area contributed by atoms with Crippen LogP contribution in [0.1, 0.15) is 28.8 Å². The molecule has 0 atom stereocenters. The fraction of sp³-hybridized carbons (Fsp3) is 0.222. The quantitative estimate of drug-likeness (QED) is 0.675. The summed E-state index contributed by atoms with van der Waals surface area (Å²) in [6, 6.07) is 11.8. The number of rotatable bonds is 7. The lowest BCUT2D eigenvalue weighted by Gasteiger charge is -2.08. The van der Waals surface area contributed by atoms with Gasteiger partial charge in [0.15, 0.2) is 0 Å². The molecule has 132 valence electrons. The van der Waals surface area contributed by atoms with Crippen LogP contribution in [0.25, 0.3) is 0 Å². The van der Waals surface area contributed by atoms with E-state index in [1.54, 1.807) is 42.5 Å². The minimum Gasteiger partial charge on any atom is -0.352 e. The number of hydrogen-bond acceptors (Lipinski definition) is 2. The van der Waals surface area contributed by atoms with E-state index in [0.29, 0.717) is 46.6 Å². The Labute approximate surface area is 161 Å². The molecule has 0 aliphatic rings. The lowest BCUT2D eigenvalue weighted by atomic mass is 10.2. The maximum Gasteiger partial charge on any atom is 0.251 e. The second kappa shape index (κ2) is 9.66. The predicted molar refractivity (Wildman–Crippen MR) is 101 cm³/mol. The molecular weight excluding hydrogens is 383 g/mol. The average molecular weight is 400 g/mol. The number of benzene rings is 2. The van der Waals surface area contributed by atoms with Gasteiger partial charge in [0, 0.05) is 40.1 Å². The van der Waals surface area contributed by atoms with E-state index in [2.05, 4.69) is 10.6 Å². The van der Waals surface area contributed by atoms with Crippen molar-refractivity contribution in [3.63, 3.8) is 0 Å². The molecule has 0 heterocycles. The second-order valence-electron chi connectivity index (χ2n) is 5.38. The van der Waals surface area contributed by atoms with Crippen LogP contribution in [0.15, 0.2) is 42.5 Å². The molecule has 0 spiro atoms. The summed E-state index contributed by atoms with van der Waals surface area (Å²) in [5.74, 6) is -0.295. The first kappa shape index (κ1) is 19.6. The molecule has 2 aromatic rings. The first-order valence-corrected chi connectivity index (χ1v) is 8.83. The van der Waals surface area contributed by atoms with E-state index in [1.165, 1.54) is 0 Å². The average Bonchev–Trinajstić information content (AvgIpc) is 2.58. The summed E-state index contributed by atoms with van der Waals surface area (Å²) in [6.45, 7) is 0.753. The third-order valence-electron chi connectivity index (χ3n) is 3.46. The largest absolute Gasteiger partial charge is 0.352 e. The van der Waals surface area contributed by atoms with Gasteiger partial charge in [0.1, 0.15) is 0 Å². The maximum atomic E-state index is 11.9. The van der Waals surface area contributed by atoms with Gasteiger partial charge < -0.3 is 10.6 Å². The van der Waals surface area contributed by atoms with Crippen molar-refractivity contribution in [2.45, 2.75) is 19.4 Å². The first-order chi connectivity index (χ1) is 12.0. The van der Waals surface area contributed by atoms with Crippen molar-refractivity contribution < 1.29 is 9.59 Å². The molecule has 0 saturated heterocycles. The van der Waals surface area contributed by atoms with Crippen molar-refractivity contribution in [1.29, 1.82) is 0 Å². The van der Waals surface area contributed by atoms with Gasteiger partial charge in [-0.3, -0.25) is 9.59 Å². The molecule has 2 N–H and O–H groups in total. The number of hydrogen-bond donors (Lipinski definition) is 2. The van der Waals surface area contributed by atoms with E-state index in [0.717, 1.165) is 5.56 Å². The van der Waals surface area contributed by atoms with E-state index >= 15 is 0 Å². The minimum atomic E-state index is -0.190. The summed E-state index contributed by atoms with van der Waals surface area (Å²) < 4.78 is 0. The molecule has 0 radical (unpaired) electrons. The third-order valence-corrected chi connectivity index (χ3v) is 4.30.